The van der Waals surface area contributed by atoms with Gasteiger partial charge in [-0.05, 0) is 60.4 Å². The molecule has 0 fully saturated rings. The van der Waals surface area contributed by atoms with Gasteiger partial charge in [0, 0.05) is 13.0 Å². The lowest BCUT2D eigenvalue weighted by Crippen LogP contribution is -2.41. The number of rotatable bonds is 12. The third-order valence-corrected chi connectivity index (χ3v) is 4.87. The second-order valence-electron chi connectivity index (χ2n) is 6.59. The number of aliphatic hydroxyl groups is 1. The molecule has 6 nitrogen and oxygen atoms in total. The Labute approximate surface area is 174 Å². The lowest BCUT2D eigenvalue weighted by Gasteiger charge is -2.29. The van der Waals surface area contributed by atoms with E-state index in [2.05, 4.69) is 14.1 Å². The number of unbranched alkanes of at least 4 members (excludes halogenated alkanes) is 3. The van der Waals surface area contributed by atoms with Gasteiger partial charge < -0.3 is 14.3 Å². The molecule has 0 aliphatic heterocycles. The van der Waals surface area contributed by atoms with Crippen molar-refractivity contribution in [1.82, 2.24) is 0 Å². The molecule has 1 aromatic rings. The number of hydrogen-bond donors (Lipinski definition) is 1. The number of hydrogen-bond acceptors (Lipinski definition) is 4. The quantitative estimate of drug-likeness (QED) is 0.144. The van der Waals surface area contributed by atoms with Gasteiger partial charge in [-0.3, -0.25) is 10.1 Å². The number of ether oxygens (including phenoxy) is 1. The van der Waals surface area contributed by atoms with Gasteiger partial charge >= 0.3 is 0 Å². The second-order valence-corrected chi connectivity index (χ2v) is 7.76. The van der Waals surface area contributed by atoms with Crippen LogP contribution < -0.4 is 4.74 Å². The van der Waals surface area contributed by atoms with Crippen molar-refractivity contribution in [1.29, 1.82) is 0 Å². The Morgan fingerprint density at radius 1 is 1.16 bits per heavy atom. The molecule has 0 spiro atoms. The monoisotopic (exact) mass is 531 g/mol. The SMILES string of the molecule is Br.C[N+](C)(CCCO)CCCCCCOc1ccc(I)c([N+](=O)[O-])c1. The van der Waals surface area contributed by atoms with Crippen molar-refractivity contribution in [3.63, 3.8) is 0 Å². The van der Waals surface area contributed by atoms with Crippen LogP contribution in [0.15, 0.2) is 18.2 Å². The molecule has 0 aliphatic carbocycles. The van der Waals surface area contributed by atoms with Crippen molar-refractivity contribution >= 4 is 45.3 Å². The first-order chi connectivity index (χ1) is 11.4. The first kappa shape index (κ1) is 24.6. The zero-order valence-corrected chi connectivity index (χ0v) is 18.8. The summed E-state index contributed by atoms with van der Waals surface area (Å²) in [5.41, 5.74) is 0.0935. The van der Waals surface area contributed by atoms with Crippen molar-refractivity contribution in [2.45, 2.75) is 32.1 Å². The van der Waals surface area contributed by atoms with Crippen LogP contribution in [-0.2, 0) is 0 Å². The van der Waals surface area contributed by atoms with E-state index in [1.807, 2.05) is 22.6 Å². The number of halogens is 2. The Bertz CT molecular complexity index is 529. The van der Waals surface area contributed by atoms with Crippen molar-refractivity contribution in [3.05, 3.63) is 31.9 Å². The smallest absolute Gasteiger partial charge is 0.286 e. The summed E-state index contributed by atoms with van der Waals surface area (Å²) < 4.78 is 7.18. The molecule has 0 saturated carbocycles. The number of benzene rings is 1. The van der Waals surface area contributed by atoms with E-state index in [1.54, 1.807) is 12.1 Å². The van der Waals surface area contributed by atoms with E-state index in [-0.39, 0.29) is 34.2 Å². The predicted molar refractivity (Wildman–Crippen MR) is 114 cm³/mol. The maximum absolute atomic E-state index is 10.9. The molecule has 8 heteroatoms. The number of nitro groups is 1. The Kier molecular flexibility index (Phi) is 12.6. The minimum atomic E-state index is -0.384. The molecular formula is C17H29BrIN2O4+. The van der Waals surface area contributed by atoms with Crippen LogP contribution in [0, 0.1) is 13.7 Å². The second kappa shape index (κ2) is 12.8. The van der Waals surface area contributed by atoms with Gasteiger partial charge in [-0.2, -0.15) is 0 Å². The normalized spacial score (nSPS) is 11.0. The Morgan fingerprint density at radius 3 is 2.44 bits per heavy atom. The van der Waals surface area contributed by atoms with Crippen molar-refractivity contribution in [3.8, 4) is 5.75 Å². The van der Waals surface area contributed by atoms with E-state index in [9.17, 15) is 10.1 Å². The maximum Gasteiger partial charge on any atom is 0.286 e. The minimum Gasteiger partial charge on any atom is -0.493 e. The third kappa shape index (κ3) is 10.3. The van der Waals surface area contributed by atoms with Crippen molar-refractivity contribution < 1.29 is 19.2 Å². The van der Waals surface area contributed by atoms with E-state index in [1.165, 1.54) is 6.07 Å². The average molecular weight is 532 g/mol. The molecule has 0 bridgehead atoms. The predicted octanol–water partition coefficient (Wildman–Crippen LogP) is 4.18. The van der Waals surface area contributed by atoms with Crippen LogP contribution in [-0.4, -0.2) is 54.9 Å². The van der Waals surface area contributed by atoms with Crippen LogP contribution >= 0.6 is 39.6 Å². The molecule has 144 valence electrons. The van der Waals surface area contributed by atoms with Gasteiger partial charge in [-0.1, -0.05) is 0 Å². The molecule has 0 unspecified atom stereocenters. The Hall–Kier alpha value is -0.450. The standard InChI is InChI=1S/C17H28IN2O4.BrH/c1-20(2,11-7-12-21)10-5-3-4-6-13-24-15-8-9-16(18)17(14-15)19(22)23;/h8-9,14,21H,3-7,10-13H2,1-2H3;1H/q+1;. The van der Waals surface area contributed by atoms with Crippen molar-refractivity contribution in [2.24, 2.45) is 0 Å². The summed E-state index contributed by atoms with van der Waals surface area (Å²) in [5, 5.41) is 19.8. The molecule has 1 N–H and O–H groups in total. The van der Waals surface area contributed by atoms with Gasteiger partial charge in [0.1, 0.15) is 5.75 Å². The summed E-state index contributed by atoms with van der Waals surface area (Å²) in [6.07, 6.45) is 5.20. The lowest BCUT2D eigenvalue weighted by molar-refractivity contribution is -0.890. The fourth-order valence-electron chi connectivity index (χ4n) is 2.52. The van der Waals surface area contributed by atoms with Crippen LogP contribution in [0.4, 0.5) is 5.69 Å². The van der Waals surface area contributed by atoms with E-state index >= 15 is 0 Å². The summed E-state index contributed by atoms with van der Waals surface area (Å²) in [6.45, 7) is 2.96. The highest BCUT2D eigenvalue weighted by atomic mass is 127. The van der Waals surface area contributed by atoms with E-state index in [0.29, 0.717) is 15.9 Å². The summed E-state index contributed by atoms with van der Waals surface area (Å²) in [6, 6.07) is 4.97. The third-order valence-electron chi connectivity index (χ3n) is 3.96. The number of quaternary nitrogens is 1. The molecular weight excluding hydrogens is 503 g/mol. The van der Waals surface area contributed by atoms with Gasteiger partial charge in [0.05, 0.1) is 48.4 Å². The summed E-state index contributed by atoms with van der Waals surface area (Å²) in [4.78, 5) is 10.5. The average Bonchev–Trinajstić information content (AvgIpc) is 2.53. The van der Waals surface area contributed by atoms with E-state index < -0.39 is 0 Å². The molecule has 0 aliphatic rings. The molecule has 0 radical (unpaired) electrons. The summed E-state index contributed by atoms with van der Waals surface area (Å²) >= 11 is 1.95. The fourth-order valence-corrected chi connectivity index (χ4v) is 3.05. The molecule has 0 heterocycles. The van der Waals surface area contributed by atoms with Gasteiger partial charge in [-0.15, -0.1) is 17.0 Å². The first-order valence-electron chi connectivity index (χ1n) is 8.35. The molecule has 0 atom stereocenters. The molecule has 1 rings (SSSR count). The number of aliphatic hydroxyl groups excluding tert-OH is 1. The topological polar surface area (TPSA) is 72.6 Å². The zero-order chi connectivity index (χ0) is 18.0. The highest BCUT2D eigenvalue weighted by Crippen LogP contribution is 2.26. The van der Waals surface area contributed by atoms with Crippen molar-refractivity contribution in [2.75, 3.05) is 40.4 Å². The van der Waals surface area contributed by atoms with E-state index in [4.69, 9.17) is 9.84 Å². The highest BCUT2D eigenvalue weighted by Gasteiger charge is 2.14. The van der Waals surface area contributed by atoms with Gasteiger partial charge in [-0.25, -0.2) is 0 Å². The van der Waals surface area contributed by atoms with E-state index in [0.717, 1.165) is 49.7 Å². The Morgan fingerprint density at radius 2 is 1.80 bits per heavy atom. The number of nitrogens with zero attached hydrogens (tertiary/aromatic N) is 2. The van der Waals surface area contributed by atoms with Crippen LogP contribution in [0.1, 0.15) is 32.1 Å². The minimum absolute atomic E-state index is 0. The van der Waals surface area contributed by atoms with Crippen LogP contribution in [0.3, 0.4) is 0 Å². The maximum atomic E-state index is 10.9. The van der Waals surface area contributed by atoms with Gasteiger partial charge in [0.15, 0.2) is 0 Å². The largest absolute Gasteiger partial charge is 0.493 e. The molecule has 1 aromatic carbocycles. The van der Waals surface area contributed by atoms with Crippen LogP contribution in [0.2, 0.25) is 0 Å². The van der Waals surface area contributed by atoms with Crippen LogP contribution in [0.5, 0.6) is 5.75 Å². The Balaban J connectivity index is 0.00000576. The fraction of sp³-hybridized carbons (Fsp3) is 0.647. The lowest BCUT2D eigenvalue weighted by atomic mass is 10.2. The highest BCUT2D eigenvalue weighted by molar-refractivity contribution is 14.1. The summed E-state index contributed by atoms with van der Waals surface area (Å²) in [5.74, 6) is 0.559. The molecule has 0 amide bonds. The molecule has 0 aromatic heterocycles. The summed E-state index contributed by atoms with van der Waals surface area (Å²) in [7, 11) is 4.39. The molecule has 0 saturated heterocycles. The van der Waals surface area contributed by atoms with Gasteiger partial charge in [0.2, 0.25) is 0 Å². The first-order valence-corrected chi connectivity index (χ1v) is 9.43. The molecule has 25 heavy (non-hydrogen) atoms. The van der Waals surface area contributed by atoms with Crippen LogP contribution in [0.25, 0.3) is 0 Å². The van der Waals surface area contributed by atoms with Gasteiger partial charge in [0.25, 0.3) is 5.69 Å². The number of nitro benzene ring substituents is 1. The zero-order valence-electron chi connectivity index (χ0n) is 14.9.